The molecule has 4 fully saturated rings. The second-order valence-electron chi connectivity index (χ2n) is 14.7. The van der Waals surface area contributed by atoms with Gasteiger partial charge in [-0.25, -0.2) is 0 Å². The SMILES string of the molecule is C=C1CC(OC2OC(CO)C(O)C(O)C2O)C2C(C)(C)CCCC2(C)C1CCC(C)CCOC1OC(CO)C(O)C(O)C1O. The van der Waals surface area contributed by atoms with Crippen molar-refractivity contribution < 1.29 is 59.8 Å². The molecule has 2 saturated carbocycles. The molecule has 0 aromatic carbocycles. The molecule has 12 heteroatoms. The third-order valence-electron chi connectivity index (χ3n) is 11.1. The summed E-state index contributed by atoms with van der Waals surface area (Å²) in [7, 11) is 0. The van der Waals surface area contributed by atoms with Crippen LogP contribution in [-0.2, 0) is 18.9 Å². The lowest BCUT2D eigenvalue weighted by atomic mass is 9.46. The molecule has 15 unspecified atom stereocenters. The van der Waals surface area contributed by atoms with Gasteiger partial charge in [-0.1, -0.05) is 52.7 Å². The van der Waals surface area contributed by atoms with Crippen LogP contribution in [0.4, 0.5) is 0 Å². The number of aliphatic hydroxyl groups is 8. The second kappa shape index (κ2) is 14.6. The van der Waals surface area contributed by atoms with Crippen molar-refractivity contribution in [1.29, 1.82) is 0 Å². The summed E-state index contributed by atoms with van der Waals surface area (Å²) in [6, 6.07) is 0. The molecule has 0 spiro atoms. The minimum Gasteiger partial charge on any atom is -0.394 e. The van der Waals surface area contributed by atoms with Gasteiger partial charge in [0.15, 0.2) is 12.6 Å². The Morgan fingerprint density at radius 3 is 1.98 bits per heavy atom. The molecule has 2 saturated heterocycles. The molecular formula is C32H56O12. The van der Waals surface area contributed by atoms with E-state index in [4.69, 9.17) is 18.9 Å². The van der Waals surface area contributed by atoms with E-state index in [0.717, 1.165) is 37.7 Å². The monoisotopic (exact) mass is 632 g/mol. The van der Waals surface area contributed by atoms with Crippen molar-refractivity contribution in [3.05, 3.63) is 12.2 Å². The van der Waals surface area contributed by atoms with Crippen LogP contribution in [-0.4, -0.2) is 128 Å². The number of hydrogen-bond donors (Lipinski definition) is 8. The summed E-state index contributed by atoms with van der Waals surface area (Å²) < 4.78 is 23.3. The molecule has 0 amide bonds. The molecule has 12 nitrogen and oxygen atoms in total. The normalized spacial score (nSPS) is 46.8. The molecule has 8 N–H and O–H groups in total. The van der Waals surface area contributed by atoms with Crippen molar-refractivity contribution in [2.45, 2.75) is 140 Å². The summed E-state index contributed by atoms with van der Waals surface area (Å²) in [4.78, 5) is 0. The molecule has 4 rings (SSSR count). The molecule has 0 bridgehead atoms. The van der Waals surface area contributed by atoms with Crippen LogP contribution in [0.15, 0.2) is 12.2 Å². The Balaban J connectivity index is 1.38. The quantitative estimate of drug-likeness (QED) is 0.144. The Morgan fingerprint density at radius 1 is 0.818 bits per heavy atom. The number of hydrogen-bond acceptors (Lipinski definition) is 12. The molecule has 256 valence electrons. The highest BCUT2D eigenvalue weighted by Gasteiger charge is 2.58. The van der Waals surface area contributed by atoms with Gasteiger partial charge in [0.1, 0.15) is 48.8 Å². The maximum absolute atomic E-state index is 10.7. The van der Waals surface area contributed by atoms with Crippen molar-refractivity contribution in [3.8, 4) is 0 Å². The Morgan fingerprint density at radius 2 is 1.39 bits per heavy atom. The average Bonchev–Trinajstić information content (AvgIpc) is 2.96. The summed E-state index contributed by atoms with van der Waals surface area (Å²) in [5.74, 6) is 0.612. The molecule has 4 aliphatic rings. The van der Waals surface area contributed by atoms with Crippen LogP contribution in [0.1, 0.15) is 72.6 Å². The topological polar surface area (TPSA) is 199 Å². The predicted octanol–water partition coefficient (Wildman–Crippen LogP) is 0.203. The third-order valence-corrected chi connectivity index (χ3v) is 11.1. The van der Waals surface area contributed by atoms with Crippen molar-refractivity contribution in [2.24, 2.45) is 28.6 Å². The first-order valence-electron chi connectivity index (χ1n) is 16.2. The van der Waals surface area contributed by atoms with Gasteiger partial charge in [0, 0.05) is 0 Å². The highest BCUT2D eigenvalue weighted by atomic mass is 16.7. The van der Waals surface area contributed by atoms with E-state index in [1.807, 2.05) is 0 Å². The van der Waals surface area contributed by atoms with Crippen LogP contribution < -0.4 is 0 Å². The summed E-state index contributed by atoms with van der Waals surface area (Å²) in [6.45, 7) is 12.7. The summed E-state index contributed by atoms with van der Waals surface area (Å²) in [6.07, 6.45) is -7.25. The lowest BCUT2D eigenvalue weighted by Crippen LogP contribution is -2.62. The van der Waals surface area contributed by atoms with Crippen molar-refractivity contribution >= 4 is 0 Å². The maximum atomic E-state index is 10.7. The van der Waals surface area contributed by atoms with E-state index in [-0.39, 0.29) is 41.3 Å². The van der Waals surface area contributed by atoms with Gasteiger partial charge in [0.05, 0.1) is 25.9 Å². The summed E-state index contributed by atoms with van der Waals surface area (Å²) in [5, 5.41) is 80.6. The van der Waals surface area contributed by atoms with Gasteiger partial charge in [-0.05, 0) is 60.7 Å². The van der Waals surface area contributed by atoms with Crippen molar-refractivity contribution in [3.63, 3.8) is 0 Å². The van der Waals surface area contributed by atoms with E-state index < -0.39 is 74.6 Å². The van der Waals surface area contributed by atoms with Gasteiger partial charge < -0.3 is 59.8 Å². The van der Waals surface area contributed by atoms with Crippen molar-refractivity contribution in [1.82, 2.24) is 0 Å². The fraction of sp³-hybridized carbons (Fsp3) is 0.938. The van der Waals surface area contributed by atoms with Gasteiger partial charge >= 0.3 is 0 Å². The molecular weight excluding hydrogens is 576 g/mol. The van der Waals surface area contributed by atoms with Crippen LogP contribution in [0.5, 0.6) is 0 Å². The first-order valence-corrected chi connectivity index (χ1v) is 16.2. The zero-order chi connectivity index (χ0) is 32.6. The van der Waals surface area contributed by atoms with Gasteiger partial charge in [0.2, 0.25) is 0 Å². The molecule has 0 aromatic heterocycles. The Labute approximate surface area is 260 Å². The first-order chi connectivity index (χ1) is 20.7. The smallest absolute Gasteiger partial charge is 0.186 e. The maximum Gasteiger partial charge on any atom is 0.186 e. The Kier molecular flexibility index (Phi) is 12.0. The third kappa shape index (κ3) is 7.22. The zero-order valence-electron chi connectivity index (χ0n) is 26.6. The van der Waals surface area contributed by atoms with Gasteiger partial charge in [0.25, 0.3) is 0 Å². The second-order valence-corrected chi connectivity index (χ2v) is 14.7. The molecule has 44 heavy (non-hydrogen) atoms. The summed E-state index contributed by atoms with van der Waals surface area (Å²) >= 11 is 0. The average molecular weight is 633 g/mol. The molecule has 0 aromatic rings. The highest BCUT2D eigenvalue weighted by Crippen LogP contribution is 2.62. The van der Waals surface area contributed by atoms with E-state index >= 15 is 0 Å². The van der Waals surface area contributed by atoms with E-state index in [9.17, 15) is 40.9 Å². The Hall–Kier alpha value is -0.740. The van der Waals surface area contributed by atoms with Gasteiger partial charge in [-0.15, -0.1) is 0 Å². The molecule has 2 heterocycles. The number of rotatable bonds is 11. The fourth-order valence-corrected chi connectivity index (χ4v) is 8.63. The molecule has 2 aliphatic heterocycles. The van der Waals surface area contributed by atoms with E-state index in [0.29, 0.717) is 12.8 Å². The first kappa shape index (κ1) is 36.1. The molecule has 0 radical (unpaired) electrons. The largest absolute Gasteiger partial charge is 0.394 e. The zero-order valence-corrected chi connectivity index (χ0v) is 26.6. The van der Waals surface area contributed by atoms with Gasteiger partial charge in [-0.2, -0.15) is 0 Å². The minimum atomic E-state index is -1.50. The summed E-state index contributed by atoms with van der Waals surface area (Å²) in [5.41, 5.74) is 0.860. The highest BCUT2D eigenvalue weighted by molar-refractivity contribution is 5.19. The lowest BCUT2D eigenvalue weighted by molar-refractivity contribution is -0.324. The molecule has 2 aliphatic carbocycles. The van der Waals surface area contributed by atoms with Crippen LogP contribution in [0.3, 0.4) is 0 Å². The van der Waals surface area contributed by atoms with E-state index in [1.54, 1.807) is 0 Å². The van der Waals surface area contributed by atoms with E-state index in [2.05, 4.69) is 34.3 Å². The number of aliphatic hydroxyl groups excluding tert-OH is 8. The van der Waals surface area contributed by atoms with Gasteiger partial charge in [-0.3, -0.25) is 0 Å². The number of fused-ring (bicyclic) bond motifs is 1. The number of ether oxygens (including phenoxy) is 4. The van der Waals surface area contributed by atoms with E-state index in [1.165, 1.54) is 0 Å². The minimum absolute atomic E-state index is 0.0738. The van der Waals surface area contributed by atoms with Crippen LogP contribution in [0.2, 0.25) is 0 Å². The van der Waals surface area contributed by atoms with Crippen LogP contribution >= 0.6 is 0 Å². The lowest BCUT2D eigenvalue weighted by Gasteiger charge is -2.61. The fourth-order valence-electron chi connectivity index (χ4n) is 8.63. The predicted molar refractivity (Wildman–Crippen MR) is 158 cm³/mol. The van der Waals surface area contributed by atoms with Crippen molar-refractivity contribution in [2.75, 3.05) is 19.8 Å². The Bertz CT molecular complexity index is 944. The molecule has 15 atom stereocenters. The standard InChI is InChI=1S/C32H56O12/c1-16(9-12-41-29-26(39)24(37)22(35)20(14-33)43-29)7-8-18-17(2)13-19(28-31(3,4)10-6-11-32(18,28)5)42-30-27(40)25(38)23(36)21(15-34)44-30/h16,18-30,33-40H,2,6-15H2,1,3-5H3. The van der Waals surface area contributed by atoms with Crippen LogP contribution in [0.25, 0.3) is 0 Å². The van der Waals surface area contributed by atoms with Crippen LogP contribution in [0, 0.1) is 28.6 Å².